The molecule has 0 aromatic carbocycles. The van der Waals surface area contributed by atoms with Gasteiger partial charge in [-0.2, -0.15) is 0 Å². The van der Waals surface area contributed by atoms with Gasteiger partial charge in [0.15, 0.2) is 0 Å². The lowest BCUT2D eigenvalue weighted by molar-refractivity contribution is 0.436. The second kappa shape index (κ2) is 11.6. The SMILES string of the molecule is C#C.CC1CCN(c2cnc(Sc3ccnc(N)c3Cl)cn2)CC1.CN. The number of anilines is 2. The largest absolute Gasteiger partial charge is 0.382 e. The molecule has 0 atom stereocenters. The first-order valence-corrected chi connectivity index (χ1v) is 9.39. The smallest absolute Gasteiger partial charge is 0.147 e. The number of nitrogens with zero attached hydrogens (tertiary/aromatic N) is 4. The van der Waals surface area contributed by atoms with Gasteiger partial charge >= 0.3 is 0 Å². The molecular formula is C18H25ClN6S. The molecule has 0 aliphatic carbocycles. The first kappa shape index (κ1) is 22.0. The van der Waals surface area contributed by atoms with Crippen LogP contribution >= 0.6 is 23.4 Å². The third-order valence-electron chi connectivity index (χ3n) is 3.82. The van der Waals surface area contributed by atoms with Crippen molar-refractivity contribution in [2.24, 2.45) is 11.7 Å². The molecule has 0 radical (unpaired) electrons. The molecule has 4 N–H and O–H groups in total. The number of nitrogen functional groups attached to an aromatic ring is 1. The summed E-state index contributed by atoms with van der Waals surface area (Å²) in [6, 6.07) is 1.82. The van der Waals surface area contributed by atoms with Gasteiger partial charge in [0.2, 0.25) is 0 Å². The van der Waals surface area contributed by atoms with Gasteiger partial charge in [0.05, 0.1) is 17.4 Å². The minimum Gasteiger partial charge on any atom is -0.382 e. The fraction of sp³-hybridized carbons (Fsp3) is 0.389. The molecule has 0 bridgehead atoms. The zero-order valence-electron chi connectivity index (χ0n) is 15.1. The molecule has 6 nitrogen and oxygen atoms in total. The molecule has 1 saturated heterocycles. The Morgan fingerprint density at radius 1 is 1.15 bits per heavy atom. The van der Waals surface area contributed by atoms with Crippen molar-refractivity contribution >= 4 is 35.0 Å². The fourth-order valence-electron chi connectivity index (χ4n) is 2.40. The Morgan fingerprint density at radius 3 is 2.38 bits per heavy atom. The lowest BCUT2D eigenvalue weighted by atomic mass is 9.99. The van der Waals surface area contributed by atoms with Gasteiger partial charge in [-0.05, 0) is 31.9 Å². The van der Waals surface area contributed by atoms with Gasteiger partial charge < -0.3 is 16.4 Å². The maximum absolute atomic E-state index is 6.15. The van der Waals surface area contributed by atoms with Crippen LogP contribution in [0, 0.1) is 18.8 Å². The van der Waals surface area contributed by atoms with Crippen molar-refractivity contribution < 1.29 is 0 Å². The van der Waals surface area contributed by atoms with Gasteiger partial charge in [0, 0.05) is 24.2 Å². The van der Waals surface area contributed by atoms with Crippen molar-refractivity contribution in [3.05, 3.63) is 29.7 Å². The van der Waals surface area contributed by atoms with Crippen LogP contribution in [0.1, 0.15) is 19.8 Å². The van der Waals surface area contributed by atoms with Crippen molar-refractivity contribution in [2.75, 3.05) is 30.8 Å². The molecule has 0 amide bonds. The molecule has 0 spiro atoms. The molecule has 1 aliphatic heterocycles. The van der Waals surface area contributed by atoms with Crippen molar-refractivity contribution in [1.29, 1.82) is 0 Å². The van der Waals surface area contributed by atoms with Gasteiger partial charge in [0.1, 0.15) is 16.7 Å². The monoisotopic (exact) mass is 392 g/mol. The third kappa shape index (κ3) is 6.06. The minimum atomic E-state index is 0.332. The van der Waals surface area contributed by atoms with Crippen LogP contribution in [-0.4, -0.2) is 35.1 Å². The Hall–Kier alpha value is -2.01. The van der Waals surface area contributed by atoms with Crippen molar-refractivity contribution in [3.8, 4) is 12.8 Å². The summed E-state index contributed by atoms with van der Waals surface area (Å²) in [5.41, 5.74) is 10.2. The molecule has 8 heteroatoms. The van der Waals surface area contributed by atoms with Crippen LogP contribution < -0.4 is 16.4 Å². The number of piperidine rings is 1. The van der Waals surface area contributed by atoms with Crippen molar-refractivity contribution in [3.63, 3.8) is 0 Å². The summed E-state index contributed by atoms with van der Waals surface area (Å²) >= 11 is 7.59. The zero-order valence-corrected chi connectivity index (χ0v) is 16.7. The highest BCUT2D eigenvalue weighted by atomic mass is 35.5. The molecule has 2 aromatic rings. The highest BCUT2D eigenvalue weighted by Gasteiger charge is 2.17. The zero-order chi connectivity index (χ0) is 19.5. The lowest BCUT2D eigenvalue weighted by Gasteiger charge is -2.30. The van der Waals surface area contributed by atoms with Crippen LogP contribution in [0.25, 0.3) is 0 Å². The van der Waals surface area contributed by atoms with E-state index >= 15 is 0 Å². The number of hydrogen-bond acceptors (Lipinski definition) is 7. The topological polar surface area (TPSA) is 94.0 Å². The second-order valence-electron chi connectivity index (χ2n) is 5.49. The number of pyridine rings is 1. The molecule has 0 saturated carbocycles. The number of nitrogens with two attached hydrogens (primary N) is 2. The van der Waals surface area contributed by atoms with Gasteiger partial charge in [0.25, 0.3) is 0 Å². The summed E-state index contributed by atoms with van der Waals surface area (Å²) in [6.45, 7) is 4.40. The number of aromatic nitrogens is 3. The van der Waals surface area contributed by atoms with Crippen LogP contribution in [-0.2, 0) is 0 Å². The summed E-state index contributed by atoms with van der Waals surface area (Å²) < 4.78 is 0. The molecule has 2 aromatic heterocycles. The summed E-state index contributed by atoms with van der Waals surface area (Å²) in [7, 11) is 1.50. The quantitative estimate of drug-likeness (QED) is 0.773. The predicted molar refractivity (Wildman–Crippen MR) is 110 cm³/mol. The molecule has 3 heterocycles. The minimum absolute atomic E-state index is 0.332. The molecule has 140 valence electrons. The molecule has 1 fully saturated rings. The maximum atomic E-state index is 6.15. The Bertz CT molecular complexity index is 684. The molecule has 26 heavy (non-hydrogen) atoms. The second-order valence-corrected chi connectivity index (χ2v) is 6.93. The molecule has 3 rings (SSSR count). The fourth-order valence-corrected chi connectivity index (χ4v) is 3.38. The van der Waals surface area contributed by atoms with E-state index in [9.17, 15) is 0 Å². The highest BCUT2D eigenvalue weighted by molar-refractivity contribution is 7.99. The molecule has 0 unspecified atom stereocenters. The van der Waals surface area contributed by atoms with Gasteiger partial charge in [-0.1, -0.05) is 30.3 Å². The van der Waals surface area contributed by atoms with Gasteiger partial charge in [-0.25, -0.2) is 15.0 Å². The molecular weight excluding hydrogens is 368 g/mol. The van der Waals surface area contributed by atoms with E-state index in [0.29, 0.717) is 10.8 Å². The normalized spacial score (nSPS) is 13.8. The predicted octanol–water partition coefficient (Wildman–Crippen LogP) is 3.32. The highest BCUT2D eigenvalue weighted by Crippen LogP contribution is 2.34. The summed E-state index contributed by atoms with van der Waals surface area (Å²) in [6.07, 6.45) is 15.7. The lowest BCUT2D eigenvalue weighted by Crippen LogP contribution is -2.33. The van der Waals surface area contributed by atoms with E-state index in [-0.39, 0.29) is 0 Å². The first-order valence-electron chi connectivity index (χ1n) is 8.19. The number of rotatable bonds is 3. The summed E-state index contributed by atoms with van der Waals surface area (Å²) in [5, 5.41) is 1.25. The van der Waals surface area contributed by atoms with Crippen LogP contribution in [0.2, 0.25) is 5.02 Å². The Labute approximate surface area is 164 Å². The van der Waals surface area contributed by atoms with E-state index in [1.807, 2.05) is 12.3 Å². The van der Waals surface area contributed by atoms with E-state index in [0.717, 1.165) is 34.7 Å². The Balaban J connectivity index is 0.000000791. The Morgan fingerprint density at radius 2 is 1.81 bits per heavy atom. The first-order chi connectivity index (χ1) is 12.6. The standard InChI is InChI=1S/C15H18ClN5S.C2H2.CH5N/c1-10-3-6-21(7-4-10)12-8-20-13(9-19-12)22-11-2-5-18-15(17)14(11)16;2*1-2/h2,5,8-10H,3-4,6-7H2,1H3,(H2,17,18);1-2H;2H2,1H3. The van der Waals surface area contributed by atoms with E-state index in [1.54, 1.807) is 12.4 Å². The average molecular weight is 393 g/mol. The third-order valence-corrected chi connectivity index (χ3v) is 5.31. The number of halogens is 1. The van der Waals surface area contributed by atoms with Gasteiger partial charge in [-0.3, -0.25) is 0 Å². The molecule has 1 aliphatic rings. The average Bonchev–Trinajstić information content (AvgIpc) is 2.70. The van der Waals surface area contributed by atoms with Crippen molar-refractivity contribution in [1.82, 2.24) is 15.0 Å². The maximum Gasteiger partial charge on any atom is 0.147 e. The van der Waals surface area contributed by atoms with Crippen LogP contribution in [0.3, 0.4) is 0 Å². The van der Waals surface area contributed by atoms with Crippen LogP contribution in [0.5, 0.6) is 0 Å². The van der Waals surface area contributed by atoms with E-state index < -0.39 is 0 Å². The van der Waals surface area contributed by atoms with E-state index in [4.69, 9.17) is 17.3 Å². The van der Waals surface area contributed by atoms with Crippen LogP contribution in [0.15, 0.2) is 34.6 Å². The van der Waals surface area contributed by atoms with Gasteiger partial charge in [-0.15, -0.1) is 12.8 Å². The number of terminal acetylenes is 1. The van der Waals surface area contributed by atoms with E-state index in [1.165, 1.54) is 31.7 Å². The Kier molecular flexibility index (Phi) is 9.81. The van der Waals surface area contributed by atoms with Crippen LogP contribution in [0.4, 0.5) is 11.6 Å². The summed E-state index contributed by atoms with van der Waals surface area (Å²) in [4.78, 5) is 16.1. The summed E-state index contributed by atoms with van der Waals surface area (Å²) in [5.74, 6) is 2.08. The van der Waals surface area contributed by atoms with E-state index in [2.05, 4.69) is 45.4 Å². The number of hydrogen-bond donors (Lipinski definition) is 2. The van der Waals surface area contributed by atoms with Crippen molar-refractivity contribution in [2.45, 2.75) is 29.7 Å².